The van der Waals surface area contributed by atoms with E-state index in [0.717, 1.165) is 101 Å². The number of hydrogen-bond donors (Lipinski definition) is 1. The molecule has 3 fully saturated rings. The van der Waals surface area contributed by atoms with Crippen LogP contribution in [0.15, 0.2) is 78.9 Å². The number of carbonyl (C=O) groups excluding carboxylic acids is 1. The van der Waals surface area contributed by atoms with E-state index in [4.69, 9.17) is 25.8 Å². The van der Waals surface area contributed by atoms with E-state index in [1.54, 1.807) is 6.07 Å². The first-order valence-electron chi connectivity index (χ1n) is 21.7. The lowest BCUT2D eigenvalue weighted by molar-refractivity contribution is -0.108. The van der Waals surface area contributed by atoms with E-state index in [2.05, 4.69) is 43.7 Å². The number of nitrogens with one attached hydrogen (secondary N) is 1. The molecule has 0 aromatic heterocycles. The van der Waals surface area contributed by atoms with Gasteiger partial charge in [-0.2, -0.15) is 0 Å². The molecule has 6 aliphatic rings. The summed E-state index contributed by atoms with van der Waals surface area (Å²) in [6.45, 7) is 10.1. The third kappa shape index (κ3) is 8.20. The second-order valence-corrected chi connectivity index (χ2v) is 20.5. The summed E-state index contributed by atoms with van der Waals surface area (Å²) in [6, 6.07) is 21.8. The molecule has 2 aliphatic carbocycles. The molecule has 9 rings (SSSR count). The molecule has 2 bridgehead atoms. The maximum Gasteiger partial charge on any atom is 0.264 e. The number of benzene rings is 3. The van der Waals surface area contributed by atoms with Gasteiger partial charge in [0.1, 0.15) is 11.4 Å². The lowest BCUT2D eigenvalue weighted by Crippen LogP contribution is -2.62. The Labute approximate surface area is 355 Å². The smallest absolute Gasteiger partial charge is 0.264 e. The van der Waals surface area contributed by atoms with Crippen LogP contribution in [0.2, 0.25) is 5.02 Å². The number of halogens is 1. The van der Waals surface area contributed by atoms with Crippen LogP contribution in [0.25, 0.3) is 0 Å². The zero-order valence-corrected chi connectivity index (χ0v) is 36.1. The van der Waals surface area contributed by atoms with Crippen molar-refractivity contribution in [3.8, 4) is 5.75 Å². The summed E-state index contributed by atoms with van der Waals surface area (Å²) in [4.78, 5) is 21.7. The molecule has 0 radical (unpaired) electrons. The van der Waals surface area contributed by atoms with Gasteiger partial charge in [-0.3, -0.25) is 14.6 Å². The fourth-order valence-electron chi connectivity index (χ4n) is 11.2. The zero-order valence-electron chi connectivity index (χ0n) is 34.5. The highest BCUT2D eigenvalue weighted by Gasteiger charge is 2.50. The van der Waals surface area contributed by atoms with E-state index in [-0.39, 0.29) is 23.7 Å². The average molecular weight is 844 g/mol. The SMILES string of the molecule is CO[C@]1(CN2CCN3CCOC[C@@H]3C2)/C=C/C[C@H](C)[C@H](Cc2ccccc2)S(=O)(=O)NC(=O)c2ccc3c(c2)N(C[C@@H]2CC[C@H]21)C[C@@]1(CCCc2cc(Cl)ccc21)CO3. The molecular weight excluding hydrogens is 784 g/mol. The average Bonchev–Trinajstić information content (AvgIpc) is 3.37. The van der Waals surface area contributed by atoms with E-state index in [1.807, 2.05) is 62.6 Å². The Bertz CT molecular complexity index is 2150. The van der Waals surface area contributed by atoms with Crippen LogP contribution in [0.5, 0.6) is 5.75 Å². The van der Waals surface area contributed by atoms with Crippen molar-refractivity contribution in [1.82, 2.24) is 14.5 Å². The van der Waals surface area contributed by atoms with Gasteiger partial charge in [-0.15, -0.1) is 0 Å². The molecule has 0 unspecified atom stereocenters. The van der Waals surface area contributed by atoms with Crippen LogP contribution < -0.4 is 14.4 Å². The number of amides is 1. The first-order valence-corrected chi connectivity index (χ1v) is 23.6. The number of carbonyl (C=O) groups is 1. The number of ether oxygens (including phenoxy) is 3. The number of sulfonamides is 1. The Morgan fingerprint density at radius 1 is 1.02 bits per heavy atom. The fraction of sp³-hybridized carbons (Fsp3) is 0.553. The van der Waals surface area contributed by atoms with Crippen LogP contribution in [0.4, 0.5) is 5.69 Å². The first-order chi connectivity index (χ1) is 28.5. The molecule has 3 aromatic carbocycles. The number of morpholine rings is 1. The van der Waals surface area contributed by atoms with Crippen LogP contribution in [-0.4, -0.2) is 114 Å². The summed E-state index contributed by atoms with van der Waals surface area (Å²) in [5.74, 6) is 0.328. The molecular formula is C47H59ClN4O6S. The minimum Gasteiger partial charge on any atom is -0.490 e. The van der Waals surface area contributed by atoms with Crippen LogP contribution in [0.1, 0.15) is 66.1 Å². The number of rotatable bonds is 5. The number of aryl methyl sites for hydroxylation is 1. The molecule has 1 saturated carbocycles. The predicted molar refractivity (Wildman–Crippen MR) is 232 cm³/mol. The van der Waals surface area contributed by atoms with Gasteiger partial charge in [0.2, 0.25) is 10.0 Å². The number of nitrogens with zero attached hydrogens (tertiary/aromatic N) is 3. The lowest BCUT2D eigenvalue weighted by atomic mass is 9.63. The van der Waals surface area contributed by atoms with Crippen LogP contribution in [0, 0.1) is 17.8 Å². The van der Waals surface area contributed by atoms with Crippen molar-refractivity contribution in [3.05, 3.63) is 106 Å². The van der Waals surface area contributed by atoms with Gasteiger partial charge in [0.15, 0.2) is 0 Å². The van der Waals surface area contributed by atoms with Gasteiger partial charge in [-0.05, 0) is 110 Å². The van der Waals surface area contributed by atoms with E-state index >= 15 is 0 Å². The normalized spacial score (nSPS) is 33.0. The highest BCUT2D eigenvalue weighted by Crippen LogP contribution is 2.49. The van der Waals surface area contributed by atoms with Crippen molar-refractivity contribution in [2.45, 2.75) is 74.2 Å². The second-order valence-electron chi connectivity index (χ2n) is 18.2. The summed E-state index contributed by atoms with van der Waals surface area (Å²) >= 11 is 6.55. The first kappa shape index (κ1) is 40.9. The molecule has 12 heteroatoms. The Morgan fingerprint density at radius 2 is 1.88 bits per heavy atom. The molecule has 316 valence electrons. The quantitative estimate of drug-likeness (QED) is 0.289. The molecule has 3 aromatic rings. The van der Waals surface area contributed by atoms with Crippen molar-refractivity contribution in [2.24, 2.45) is 17.8 Å². The molecule has 7 atom stereocenters. The molecule has 2 saturated heterocycles. The van der Waals surface area contributed by atoms with E-state index in [1.165, 1.54) is 11.1 Å². The number of methoxy groups -OCH3 is 1. The maximum absolute atomic E-state index is 14.4. The van der Waals surface area contributed by atoms with Gasteiger partial charge < -0.3 is 19.1 Å². The topological polar surface area (TPSA) is 101 Å². The van der Waals surface area contributed by atoms with Crippen molar-refractivity contribution in [2.75, 3.05) is 77.6 Å². The predicted octanol–water partition coefficient (Wildman–Crippen LogP) is 6.51. The number of fused-ring (bicyclic) bond motifs is 5. The van der Waals surface area contributed by atoms with Crippen LogP contribution in [0.3, 0.4) is 0 Å². The Hall–Kier alpha value is -3.45. The third-order valence-electron chi connectivity index (χ3n) is 14.6. The van der Waals surface area contributed by atoms with Gasteiger partial charge in [0, 0.05) is 75.0 Å². The fourth-order valence-corrected chi connectivity index (χ4v) is 13.1. The number of anilines is 1. The molecule has 1 amide bonds. The van der Waals surface area contributed by atoms with Crippen molar-refractivity contribution in [1.29, 1.82) is 0 Å². The van der Waals surface area contributed by atoms with Crippen LogP contribution in [-0.2, 0) is 37.8 Å². The standard InChI is InChI=1S/C47H59ClN4O6S/c1-33-8-6-19-47(56-2,31-50-20-21-51-22-23-57-29-39(51)28-50)41-15-12-37(41)27-52-30-46(18-7-11-35-25-38(48)14-16-40(35)46)32-58-43-17-13-36(26-42(43)52)45(53)49-59(54,55)44(33)24-34-9-4-3-5-10-34/h3-6,9-10,13-14,16-17,19,25-26,33,37,39,41,44H,7-8,11-12,15,18,20-24,27-32H2,1-2H3,(H,49,53)/b19-6+/t33-,37-,39-,41+,44-,46-,47-/m0/s1. The third-order valence-corrected chi connectivity index (χ3v) is 16.8. The minimum absolute atomic E-state index is 0.226. The zero-order chi connectivity index (χ0) is 40.8. The van der Waals surface area contributed by atoms with E-state index in [0.29, 0.717) is 42.8 Å². The largest absolute Gasteiger partial charge is 0.490 e. The maximum atomic E-state index is 14.4. The summed E-state index contributed by atoms with van der Waals surface area (Å²) in [6.07, 6.45) is 10.3. The monoisotopic (exact) mass is 842 g/mol. The Balaban J connectivity index is 1.12. The highest BCUT2D eigenvalue weighted by molar-refractivity contribution is 7.90. The molecule has 1 N–H and O–H groups in total. The second kappa shape index (κ2) is 16.8. The van der Waals surface area contributed by atoms with Gasteiger partial charge in [-0.25, -0.2) is 13.1 Å². The molecule has 4 heterocycles. The lowest BCUT2D eigenvalue weighted by Gasteiger charge is -2.53. The Kier molecular flexibility index (Phi) is 11.6. The highest BCUT2D eigenvalue weighted by atomic mass is 35.5. The van der Waals surface area contributed by atoms with Crippen molar-refractivity contribution < 1.29 is 27.4 Å². The molecule has 1 spiro atoms. The van der Waals surface area contributed by atoms with Crippen molar-refractivity contribution in [3.63, 3.8) is 0 Å². The summed E-state index contributed by atoms with van der Waals surface area (Å²) < 4.78 is 50.9. The van der Waals surface area contributed by atoms with Gasteiger partial charge in [-0.1, -0.05) is 67.1 Å². The summed E-state index contributed by atoms with van der Waals surface area (Å²) in [7, 11) is -2.26. The van der Waals surface area contributed by atoms with E-state index in [9.17, 15) is 13.2 Å². The molecule has 4 aliphatic heterocycles. The van der Waals surface area contributed by atoms with Crippen LogP contribution >= 0.6 is 11.6 Å². The van der Waals surface area contributed by atoms with Gasteiger partial charge in [0.05, 0.1) is 30.8 Å². The molecule has 10 nitrogen and oxygen atoms in total. The molecule has 59 heavy (non-hydrogen) atoms. The summed E-state index contributed by atoms with van der Waals surface area (Å²) in [5.41, 5.74) is 3.71. The van der Waals surface area contributed by atoms with E-state index < -0.39 is 26.8 Å². The summed E-state index contributed by atoms with van der Waals surface area (Å²) in [5, 5.41) is -0.104. The number of hydrogen-bond acceptors (Lipinski definition) is 9. The van der Waals surface area contributed by atoms with Crippen molar-refractivity contribution >= 4 is 33.2 Å². The number of piperazine rings is 1. The van der Waals surface area contributed by atoms with Gasteiger partial charge in [0.25, 0.3) is 5.91 Å². The minimum atomic E-state index is -4.12. The van der Waals surface area contributed by atoms with Gasteiger partial charge >= 0.3 is 0 Å². The Morgan fingerprint density at radius 3 is 2.69 bits per heavy atom. The number of allylic oxidation sites excluding steroid dienone is 1.